The second kappa shape index (κ2) is 7.17. The van der Waals surface area contributed by atoms with Crippen LogP contribution < -0.4 is 10.6 Å². The quantitative estimate of drug-likeness (QED) is 0.723. The number of anilines is 1. The monoisotopic (exact) mass is 309 g/mol. The molecule has 7 nitrogen and oxygen atoms in total. The average Bonchev–Trinajstić information content (AvgIpc) is 3.12. The summed E-state index contributed by atoms with van der Waals surface area (Å²) in [5, 5.41) is 5.88. The third-order valence-electron chi connectivity index (χ3n) is 3.10. The van der Waals surface area contributed by atoms with Crippen LogP contribution in [0.15, 0.2) is 59.7 Å². The number of aromatic nitrogens is 3. The van der Waals surface area contributed by atoms with Crippen LogP contribution in [-0.4, -0.2) is 20.9 Å². The number of pyridine rings is 1. The lowest BCUT2D eigenvalue weighted by molar-refractivity contribution is 0.0943. The molecule has 0 atom stereocenters. The second-order valence-electron chi connectivity index (χ2n) is 4.77. The zero-order valence-corrected chi connectivity index (χ0v) is 12.3. The zero-order chi connectivity index (χ0) is 15.9. The van der Waals surface area contributed by atoms with Gasteiger partial charge in [-0.25, -0.2) is 9.97 Å². The molecule has 0 unspecified atom stereocenters. The Labute approximate surface area is 132 Å². The molecule has 7 heteroatoms. The van der Waals surface area contributed by atoms with Crippen molar-refractivity contribution in [2.24, 2.45) is 0 Å². The van der Waals surface area contributed by atoms with Gasteiger partial charge in [-0.15, -0.1) is 0 Å². The maximum absolute atomic E-state index is 12.1. The number of carbonyl (C=O) groups is 1. The lowest BCUT2D eigenvalue weighted by atomic mass is 10.3. The Kier molecular flexibility index (Phi) is 4.58. The molecule has 0 spiro atoms. The van der Waals surface area contributed by atoms with Crippen LogP contribution in [0.3, 0.4) is 0 Å². The Balaban J connectivity index is 1.59. The van der Waals surface area contributed by atoms with Gasteiger partial charge in [0.15, 0.2) is 0 Å². The standard InChI is InChI=1S/C16H15N5O2/c22-16(19-10-13-4-2-6-23-13)14-7-15(21-11-20-14)18-9-12-3-1-5-17-8-12/h1-8,11H,9-10H2,(H,19,22)(H,18,20,21). The molecule has 3 aromatic heterocycles. The molecule has 0 saturated carbocycles. The van der Waals surface area contributed by atoms with Gasteiger partial charge in [0, 0.05) is 25.0 Å². The zero-order valence-electron chi connectivity index (χ0n) is 12.3. The van der Waals surface area contributed by atoms with E-state index in [-0.39, 0.29) is 5.91 Å². The van der Waals surface area contributed by atoms with Crippen molar-refractivity contribution < 1.29 is 9.21 Å². The first-order valence-electron chi connectivity index (χ1n) is 7.06. The number of furan rings is 1. The molecule has 0 aromatic carbocycles. The van der Waals surface area contributed by atoms with Gasteiger partial charge in [-0.3, -0.25) is 9.78 Å². The van der Waals surface area contributed by atoms with Gasteiger partial charge in [0.25, 0.3) is 5.91 Å². The Morgan fingerprint density at radius 1 is 1.17 bits per heavy atom. The molecule has 3 heterocycles. The first-order valence-corrected chi connectivity index (χ1v) is 7.06. The van der Waals surface area contributed by atoms with Crippen LogP contribution in [0.1, 0.15) is 21.8 Å². The van der Waals surface area contributed by atoms with Crippen LogP contribution in [0, 0.1) is 0 Å². The Hall–Kier alpha value is -3.22. The highest BCUT2D eigenvalue weighted by molar-refractivity contribution is 5.92. The summed E-state index contributed by atoms with van der Waals surface area (Å²) in [6.45, 7) is 0.882. The number of hydrogen-bond acceptors (Lipinski definition) is 6. The SMILES string of the molecule is O=C(NCc1ccco1)c1cc(NCc2cccnc2)ncn1. The van der Waals surface area contributed by atoms with Crippen molar-refractivity contribution in [2.75, 3.05) is 5.32 Å². The minimum Gasteiger partial charge on any atom is -0.467 e. The lowest BCUT2D eigenvalue weighted by Gasteiger charge is -2.07. The van der Waals surface area contributed by atoms with Gasteiger partial charge in [-0.05, 0) is 23.8 Å². The molecule has 0 bridgehead atoms. The number of carbonyl (C=O) groups excluding carboxylic acids is 1. The molecule has 1 amide bonds. The van der Waals surface area contributed by atoms with Gasteiger partial charge >= 0.3 is 0 Å². The van der Waals surface area contributed by atoms with E-state index < -0.39 is 0 Å². The van der Waals surface area contributed by atoms with E-state index in [4.69, 9.17) is 4.42 Å². The minimum atomic E-state index is -0.284. The topological polar surface area (TPSA) is 92.9 Å². The van der Waals surface area contributed by atoms with Gasteiger partial charge in [-0.1, -0.05) is 6.07 Å². The highest BCUT2D eigenvalue weighted by Gasteiger charge is 2.09. The van der Waals surface area contributed by atoms with Crippen molar-refractivity contribution in [1.29, 1.82) is 0 Å². The number of hydrogen-bond donors (Lipinski definition) is 2. The van der Waals surface area contributed by atoms with E-state index in [0.29, 0.717) is 30.4 Å². The van der Waals surface area contributed by atoms with E-state index >= 15 is 0 Å². The summed E-state index contributed by atoms with van der Waals surface area (Å²) in [4.78, 5) is 24.2. The fourth-order valence-corrected chi connectivity index (χ4v) is 1.94. The summed E-state index contributed by atoms with van der Waals surface area (Å²) in [5.74, 6) is 0.975. The van der Waals surface area contributed by atoms with Gasteiger partial charge in [0.05, 0.1) is 12.8 Å². The van der Waals surface area contributed by atoms with E-state index in [0.717, 1.165) is 5.56 Å². The van der Waals surface area contributed by atoms with Crippen LogP contribution in [-0.2, 0) is 13.1 Å². The fourth-order valence-electron chi connectivity index (χ4n) is 1.94. The molecular weight excluding hydrogens is 294 g/mol. The Morgan fingerprint density at radius 2 is 2.13 bits per heavy atom. The average molecular weight is 309 g/mol. The minimum absolute atomic E-state index is 0.284. The summed E-state index contributed by atoms with van der Waals surface area (Å²) >= 11 is 0. The van der Waals surface area contributed by atoms with Crippen LogP contribution in [0.25, 0.3) is 0 Å². The molecule has 116 valence electrons. The molecule has 0 aliphatic rings. The summed E-state index contributed by atoms with van der Waals surface area (Å²) < 4.78 is 5.17. The van der Waals surface area contributed by atoms with Crippen LogP contribution in [0.5, 0.6) is 0 Å². The molecule has 23 heavy (non-hydrogen) atoms. The molecule has 3 rings (SSSR count). The molecule has 0 aliphatic heterocycles. The van der Waals surface area contributed by atoms with E-state index in [1.54, 1.807) is 36.9 Å². The maximum atomic E-state index is 12.1. The van der Waals surface area contributed by atoms with Crippen LogP contribution >= 0.6 is 0 Å². The second-order valence-corrected chi connectivity index (χ2v) is 4.77. The summed E-state index contributed by atoms with van der Waals surface area (Å²) in [6, 6.07) is 8.99. The van der Waals surface area contributed by atoms with Crippen molar-refractivity contribution >= 4 is 11.7 Å². The molecule has 0 aliphatic carbocycles. The van der Waals surface area contributed by atoms with Gasteiger partial charge < -0.3 is 15.1 Å². The highest BCUT2D eigenvalue weighted by atomic mass is 16.3. The number of rotatable bonds is 6. The van der Waals surface area contributed by atoms with E-state index in [2.05, 4.69) is 25.6 Å². The number of nitrogens with zero attached hydrogens (tertiary/aromatic N) is 3. The molecular formula is C16H15N5O2. The lowest BCUT2D eigenvalue weighted by Crippen LogP contribution is -2.23. The predicted octanol–water partition coefficient (Wildman–Crippen LogP) is 2.01. The summed E-state index contributed by atoms with van der Waals surface area (Å²) in [7, 11) is 0. The first kappa shape index (κ1) is 14.7. The van der Waals surface area contributed by atoms with E-state index in [1.165, 1.54) is 6.33 Å². The molecule has 0 fully saturated rings. The smallest absolute Gasteiger partial charge is 0.270 e. The van der Waals surface area contributed by atoms with Crippen molar-refractivity contribution in [3.63, 3.8) is 0 Å². The molecule has 3 aromatic rings. The number of amides is 1. The normalized spacial score (nSPS) is 10.3. The number of nitrogens with one attached hydrogen (secondary N) is 2. The van der Waals surface area contributed by atoms with Crippen molar-refractivity contribution in [3.05, 3.63) is 72.3 Å². The van der Waals surface area contributed by atoms with Crippen molar-refractivity contribution in [1.82, 2.24) is 20.3 Å². The first-order chi connectivity index (χ1) is 11.3. The molecule has 0 radical (unpaired) electrons. The maximum Gasteiger partial charge on any atom is 0.270 e. The summed E-state index contributed by atoms with van der Waals surface area (Å²) in [6.07, 6.45) is 6.40. The third kappa shape index (κ3) is 4.13. The predicted molar refractivity (Wildman–Crippen MR) is 83.5 cm³/mol. The van der Waals surface area contributed by atoms with Crippen molar-refractivity contribution in [3.8, 4) is 0 Å². The summed E-state index contributed by atoms with van der Waals surface area (Å²) in [5.41, 5.74) is 1.31. The molecule has 0 saturated heterocycles. The van der Waals surface area contributed by atoms with Crippen LogP contribution in [0.4, 0.5) is 5.82 Å². The van der Waals surface area contributed by atoms with Crippen molar-refractivity contribution in [2.45, 2.75) is 13.1 Å². The Morgan fingerprint density at radius 3 is 2.91 bits per heavy atom. The fraction of sp³-hybridized carbons (Fsp3) is 0.125. The van der Waals surface area contributed by atoms with Gasteiger partial charge in [0.1, 0.15) is 23.6 Å². The molecule has 2 N–H and O–H groups in total. The largest absolute Gasteiger partial charge is 0.467 e. The third-order valence-corrected chi connectivity index (χ3v) is 3.10. The Bertz CT molecular complexity index is 759. The van der Waals surface area contributed by atoms with E-state index in [9.17, 15) is 4.79 Å². The van der Waals surface area contributed by atoms with E-state index in [1.807, 2.05) is 12.1 Å². The highest BCUT2D eigenvalue weighted by Crippen LogP contribution is 2.07. The van der Waals surface area contributed by atoms with Gasteiger partial charge in [-0.2, -0.15) is 0 Å². The van der Waals surface area contributed by atoms with Gasteiger partial charge in [0.2, 0.25) is 0 Å². The van der Waals surface area contributed by atoms with Crippen LogP contribution in [0.2, 0.25) is 0 Å².